The first kappa shape index (κ1) is 15.1. The van der Waals surface area contributed by atoms with E-state index in [0.717, 1.165) is 11.1 Å². The number of aromatic hydroxyl groups is 1. The van der Waals surface area contributed by atoms with Gasteiger partial charge in [0.05, 0.1) is 11.7 Å². The molecule has 3 N–H and O–H groups in total. The summed E-state index contributed by atoms with van der Waals surface area (Å²) in [4.78, 5) is 11.9. The molecule has 4 nitrogen and oxygen atoms in total. The maximum absolute atomic E-state index is 11.9. The number of hydrogen-bond acceptors (Lipinski definition) is 3. The highest BCUT2D eigenvalue weighted by molar-refractivity contribution is 5.96. The van der Waals surface area contributed by atoms with Crippen LogP contribution in [0.5, 0.6) is 5.75 Å². The number of carbonyl (C=O) groups is 1. The van der Waals surface area contributed by atoms with Crippen molar-refractivity contribution in [2.45, 2.75) is 19.4 Å². The Hall–Kier alpha value is -2.33. The largest absolute Gasteiger partial charge is 0.507 e. The van der Waals surface area contributed by atoms with Gasteiger partial charge in [-0.15, -0.1) is 0 Å². The summed E-state index contributed by atoms with van der Waals surface area (Å²) in [6, 6.07) is 14.2. The molecule has 4 heteroatoms. The van der Waals surface area contributed by atoms with Gasteiger partial charge in [-0.05, 0) is 36.6 Å². The summed E-state index contributed by atoms with van der Waals surface area (Å²) in [6.45, 7) is 2.18. The molecule has 0 spiro atoms. The van der Waals surface area contributed by atoms with Crippen molar-refractivity contribution in [2.24, 2.45) is 0 Å². The molecule has 0 aliphatic heterocycles. The SMILES string of the molecule is Cc1ccc(C(=O)NCCC(O)c2ccccc2)c(O)c1. The second-order valence-corrected chi connectivity index (χ2v) is 4.99. The molecule has 21 heavy (non-hydrogen) atoms. The van der Waals surface area contributed by atoms with Crippen LogP contribution >= 0.6 is 0 Å². The smallest absolute Gasteiger partial charge is 0.255 e. The Morgan fingerprint density at radius 3 is 2.57 bits per heavy atom. The van der Waals surface area contributed by atoms with Gasteiger partial charge in [0.25, 0.3) is 5.91 Å². The number of hydrogen-bond donors (Lipinski definition) is 3. The molecule has 1 atom stereocenters. The van der Waals surface area contributed by atoms with Gasteiger partial charge in [-0.25, -0.2) is 0 Å². The second-order valence-electron chi connectivity index (χ2n) is 4.99. The number of benzene rings is 2. The first-order chi connectivity index (χ1) is 10.1. The minimum Gasteiger partial charge on any atom is -0.507 e. The van der Waals surface area contributed by atoms with Gasteiger partial charge < -0.3 is 15.5 Å². The number of aliphatic hydroxyl groups is 1. The molecule has 2 aromatic rings. The fourth-order valence-corrected chi connectivity index (χ4v) is 2.09. The number of phenolic OH excluding ortho intramolecular Hbond substituents is 1. The van der Waals surface area contributed by atoms with Crippen LogP contribution in [0.15, 0.2) is 48.5 Å². The summed E-state index contributed by atoms with van der Waals surface area (Å²) in [5.41, 5.74) is 1.96. The van der Waals surface area contributed by atoms with Crippen molar-refractivity contribution in [1.82, 2.24) is 5.32 Å². The van der Waals surface area contributed by atoms with Gasteiger partial charge in [0, 0.05) is 6.54 Å². The lowest BCUT2D eigenvalue weighted by molar-refractivity contribution is 0.0940. The molecular weight excluding hydrogens is 266 g/mol. The van der Waals surface area contributed by atoms with Gasteiger partial charge in [0.1, 0.15) is 5.75 Å². The lowest BCUT2D eigenvalue weighted by Gasteiger charge is -2.12. The van der Waals surface area contributed by atoms with Crippen LogP contribution in [0.3, 0.4) is 0 Å². The highest BCUT2D eigenvalue weighted by Crippen LogP contribution is 2.19. The number of amides is 1. The van der Waals surface area contributed by atoms with Crippen molar-refractivity contribution in [2.75, 3.05) is 6.54 Å². The van der Waals surface area contributed by atoms with Crippen molar-refractivity contribution in [1.29, 1.82) is 0 Å². The molecule has 1 amide bonds. The van der Waals surface area contributed by atoms with Crippen LogP contribution in [0.2, 0.25) is 0 Å². The molecule has 2 rings (SSSR count). The van der Waals surface area contributed by atoms with Crippen molar-refractivity contribution in [3.63, 3.8) is 0 Å². The number of nitrogens with one attached hydrogen (secondary N) is 1. The van der Waals surface area contributed by atoms with Crippen molar-refractivity contribution in [3.8, 4) is 5.75 Å². The van der Waals surface area contributed by atoms with E-state index in [1.165, 1.54) is 0 Å². The summed E-state index contributed by atoms with van der Waals surface area (Å²) in [6.07, 6.45) is -0.194. The first-order valence-corrected chi connectivity index (χ1v) is 6.89. The number of phenols is 1. The summed E-state index contributed by atoms with van der Waals surface area (Å²) in [5.74, 6) is -0.371. The number of carbonyl (C=O) groups excluding carboxylic acids is 1. The highest BCUT2D eigenvalue weighted by atomic mass is 16.3. The zero-order chi connectivity index (χ0) is 15.2. The minimum atomic E-state index is -0.613. The first-order valence-electron chi connectivity index (χ1n) is 6.89. The molecule has 0 radical (unpaired) electrons. The van der Waals surface area contributed by atoms with Crippen LogP contribution in [0.4, 0.5) is 0 Å². The van der Waals surface area contributed by atoms with Crippen LogP contribution in [0.25, 0.3) is 0 Å². The average molecular weight is 285 g/mol. The fourth-order valence-electron chi connectivity index (χ4n) is 2.09. The number of aliphatic hydroxyl groups excluding tert-OH is 1. The summed E-state index contributed by atoms with van der Waals surface area (Å²) in [7, 11) is 0. The molecule has 2 aromatic carbocycles. The van der Waals surface area contributed by atoms with Crippen LogP contribution in [-0.4, -0.2) is 22.7 Å². The molecule has 0 saturated carbocycles. The zero-order valence-electron chi connectivity index (χ0n) is 11.9. The van der Waals surface area contributed by atoms with E-state index in [1.807, 2.05) is 37.3 Å². The Balaban J connectivity index is 1.87. The third-order valence-corrected chi connectivity index (χ3v) is 3.29. The summed E-state index contributed by atoms with van der Waals surface area (Å²) < 4.78 is 0. The van der Waals surface area contributed by atoms with E-state index in [1.54, 1.807) is 18.2 Å². The molecular formula is C17H19NO3. The molecule has 0 heterocycles. The van der Waals surface area contributed by atoms with Gasteiger partial charge in [-0.1, -0.05) is 36.4 Å². The number of aryl methyl sites for hydroxylation is 1. The van der Waals surface area contributed by atoms with Gasteiger partial charge in [0.15, 0.2) is 0 Å². The van der Waals surface area contributed by atoms with E-state index in [-0.39, 0.29) is 17.2 Å². The van der Waals surface area contributed by atoms with Crippen LogP contribution < -0.4 is 5.32 Å². The molecule has 110 valence electrons. The summed E-state index contributed by atoms with van der Waals surface area (Å²) in [5, 5.41) is 22.4. The third-order valence-electron chi connectivity index (χ3n) is 3.29. The molecule has 0 aliphatic carbocycles. The molecule has 1 unspecified atom stereocenters. The lowest BCUT2D eigenvalue weighted by atomic mass is 10.1. The van der Waals surface area contributed by atoms with Crippen molar-refractivity contribution < 1.29 is 15.0 Å². The Morgan fingerprint density at radius 2 is 1.90 bits per heavy atom. The summed E-state index contributed by atoms with van der Waals surface area (Å²) >= 11 is 0. The normalized spacial score (nSPS) is 11.9. The predicted molar refractivity (Wildman–Crippen MR) is 81.2 cm³/mol. The van der Waals surface area contributed by atoms with Crippen LogP contribution in [0.1, 0.15) is 34.0 Å². The van der Waals surface area contributed by atoms with Crippen LogP contribution in [-0.2, 0) is 0 Å². The van der Waals surface area contributed by atoms with Crippen molar-refractivity contribution in [3.05, 3.63) is 65.2 Å². The monoisotopic (exact) mass is 285 g/mol. The van der Waals surface area contributed by atoms with E-state index in [9.17, 15) is 15.0 Å². The molecule has 0 saturated heterocycles. The molecule has 0 aromatic heterocycles. The zero-order valence-corrected chi connectivity index (χ0v) is 11.9. The second kappa shape index (κ2) is 6.90. The highest BCUT2D eigenvalue weighted by Gasteiger charge is 2.12. The fraction of sp³-hybridized carbons (Fsp3) is 0.235. The van der Waals surface area contributed by atoms with E-state index < -0.39 is 6.10 Å². The molecule has 0 aliphatic rings. The number of rotatable bonds is 5. The van der Waals surface area contributed by atoms with E-state index in [2.05, 4.69) is 5.32 Å². The quantitative estimate of drug-likeness (QED) is 0.790. The predicted octanol–water partition coefficient (Wildman–Crippen LogP) is 2.55. The van der Waals surface area contributed by atoms with Crippen molar-refractivity contribution >= 4 is 5.91 Å². The Bertz CT molecular complexity index is 611. The lowest BCUT2D eigenvalue weighted by Crippen LogP contribution is -2.25. The van der Waals surface area contributed by atoms with Gasteiger partial charge >= 0.3 is 0 Å². The van der Waals surface area contributed by atoms with Gasteiger partial charge in [-0.2, -0.15) is 0 Å². The Labute approximate surface area is 124 Å². The molecule has 0 fully saturated rings. The van der Waals surface area contributed by atoms with Gasteiger partial charge in [-0.3, -0.25) is 4.79 Å². The maximum Gasteiger partial charge on any atom is 0.255 e. The van der Waals surface area contributed by atoms with Crippen LogP contribution in [0, 0.1) is 6.92 Å². The Kier molecular flexibility index (Phi) is 4.95. The Morgan fingerprint density at radius 1 is 1.19 bits per heavy atom. The standard InChI is InChI=1S/C17H19NO3/c1-12-7-8-14(16(20)11-12)17(21)18-10-9-15(19)13-5-3-2-4-6-13/h2-8,11,15,19-20H,9-10H2,1H3,(H,18,21). The van der Waals surface area contributed by atoms with Gasteiger partial charge in [0.2, 0.25) is 0 Å². The minimum absolute atomic E-state index is 0.0314. The molecule has 0 bridgehead atoms. The van der Waals surface area contributed by atoms with E-state index >= 15 is 0 Å². The topological polar surface area (TPSA) is 69.6 Å². The third kappa shape index (κ3) is 4.07. The maximum atomic E-state index is 11.9. The van der Waals surface area contributed by atoms with E-state index in [0.29, 0.717) is 13.0 Å². The average Bonchev–Trinajstić information content (AvgIpc) is 2.47. The van der Waals surface area contributed by atoms with E-state index in [4.69, 9.17) is 0 Å².